The van der Waals surface area contributed by atoms with Crippen molar-refractivity contribution in [3.63, 3.8) is 0 Å². The van der Waals surface area contributed by atoms with Crippen molar-refractivity contribution < 1.29 is 23.7 Å². The molecule has 39 heavy (non-hydrogen) atoms. The molecule has 5 atom stereocenters. The van der Waals surface area contributed by atoms with Crippen LogP contribution in [0.3, 0.4) is 0 Å². The lowest BCUT2D eigenvalue weighted by atomic mass is 9.55. The molecule has 2 heterocycles. The highest BCUT2D eigenvalue weighted by atomic mass is 16.7. The molecule has 204 valence electrons. The largest absolute Gasteiger partial charge is 0.492 e. The number of carbonyl (C=O) groups excluding carboxylic acids is 1. The van der Waals surface area contributed by atoms with Crippen LogP contribution in [0.2, 0.25) is 0 Å². The molecule has 0 amide bonds. The number of hydrogen-bond acceptors (Lipinski definition) is 6. The quantitative estimate of drug-likeness (QED) is 0.494. The Morgan fingerprint density at radius 1 is 1.10 bits per heavy atom. The zero-order valence-corrected chi connectivity index (χ0v) is 23.2. The van der Waals surface area contributed by atoms with Gasteiger partial charge in [-0.25, -0.2) is 0 Å². The van der Waals surface area contributed by atoms with Crippen LogP contribution >= 0.6 is 0 Å². The van der Waals surface area contributed by atoms with Crippen molar-refractivity contribution in [3.05, 3.63) is 46.5 Å². The summed E-state index contributed by atoms with van der Waals surface area (Å²) >= 11 is 0. The van der Waals surface area contributed by atoms with Crippen LogP contribution in [0.4, 0.5) is 0 Å². The van der Waals surface area contributed by atoms with Gasteiger partial charge in [0.25, 0.3) is 0 Å². The summed E-state index contributed by atoms with van der Waals surface area (Å²) in [6, 6.07) is 8.61. The predicted octanol–water partition coefficient (Wildman–Crippen LogP) is 5.46. The molecule has 0 N–H and O–H groups in total. The van der Waals surface area contributed by atoms with Crippen molar-refractivity contribution in [1.82, 2.24) is 4.90 Å². The Labute approximate surface area is 230 Å². The number of hydrogen-bond donors (Lipinski definition) is 0. The van der Waals surface area contributed by atoms with E-state index in [4.69, 9.17) is 18.9 Å². The SMILES string of the molecule is COc1c2c(cc3c1[C@@H](C#CCOc1ccc4c(c1)CC[C@@H]1[C@H]4CC[C@]4(C)C(=O)CC[C@@H]14)N(C)CC3)OCO2. The molecule has 2 fully saturated rings. The lowest BCUT2D eigenvalue weighted by Gasteiger charge is -2.48. The third-order valence-electron chi connectivity index (χ3n) is 10.4. The number of rotatable bonds is 3. The first kappa shape index (κ1) is 24.8. The van der Waals surface area contributed by atoms with E-state index in [1.54, 1.807) is 7.11 Å². The number of nitrogens with zero attached hydrogens (tertiary/aromatic N) is 1. The molecule has 0 saturated heterocycles. The van der Waals surface area contributed by atoms with E-state index < -0.39 is 0 Å². The van der Waals surface area contributed by atoms with E-state index in [-0.39, 0.29) is 18.2 Å². The van der Waals surface area contributed by atoms with Crippen LogP contribution < -0.4 is 18.9 Å². The Morgan fingerprint density at radius 3 is 2.87 bits per heavy atom. The third kappa shape index (κ3) is 3.92. The molecular formula is C33H37NO5. The second kappa shape index (κ2) is 9.48. The number of likely N-dealkylation sites (N-methyl/N-ethyl adjacent to an activating group) is 1. The van der Waals surface area contributed by atoms with Crippen LogP contribution in [0.5, 0.6) is 23.0 Å². The Balaban J connectivity index is 1.06. The van der Waals surface area contributed by atoms with Crippen LogP contribution in [0.15, 0.2) is 24.3 Å². The van der Waals surface area contributed by atoms with Crippen molar-refractivity contribution in [2.45, 2.75) is 63.8 Å². The first-order valence-corrected chi connectivity index (χ1v) is 14.4. The van der Waals surface area contributed by atoms with Gasteiger partial charge in [-0.3, -0.25) is 9.69 Å². The van der Waals surface area contributed by atoms with Crippen LogP contribution in [-0.4, -0.2) is 44.8 Å². The van der Waals surface area contributed by atoms with E-state index in [0.29, 0.717) is 35.9 Å². The number of fused-ring (bicyclic) bond motifs is 7. The fourth-order valence-electron chi connectivity index (χ4n) is 8.29. The molecule has 7 rings (SSSR count). The minimum absolute atomic E-state index is 0.0713. The maximum Gasteiger partial charge on any atom is 0.231 e. The van der Waals surface area contributed by atoms with Gasteiger partial charge in [0.05, 0.1) is 7.11 Å². The van der Waals surface area contributed by atoms with Crippen LogP contribution in [0.25, 0.3) is 0 Å². The minimum Gasteiger partial charge on any atom is -0.492 e. The van der Waals surface area contributed by atoms with Crippen LogP contribution in [0, 0.1) is 29.1 Å². The molecule has 0 aromatic heterocycles. The highest BCUT2D eigenvalue weighted by molar-refractivity contribution is 5.87. The van der Waals surface area contributed by atoms with Gasteiger partial charge >= 0.3 is 0 Å². The summed E-state index contributed by atoms with van der Waals surface area (Å²) in [5, 5.41) is 0. The lowest BCUT2D eigenvalue weighted by Crippen LogP contribution is -2.42. The highest BCUT2D eigenvalue weighted by Crippen LogP contribution is 2.59. The van der Waals surface area contributed by atoms with E-state index in [1.165, 1.54) is 23.1 Å². The van der Waals surface area contributed by atoms with Gasteiger partial charge in [-0.2, -0.15) is 0 Å². The van der Waals surface area contributed by atoms with Gasteiger partial charge in [0, 0.05) is 23.9 Å². The molecule has 6 heteroatoms. The van der Waals surface area contributed by atoms with Crippen LogP contribution in [-0.2, 0) is 17.6 Å². The van der Waals surface area contributed by atoms with Gasteiger partial charge < -0.3 is 18.9 Å². The fourth-order valence-corrected chi connectivity index (χ4v) is 8.29. The third-order valence-corrected chi connectivity index (χ3v) is 10.4. The minimum atomic E-state index is -0.0956. The number of Topliss-reactive ketones (excluding diaryl/α,β-unsaturated/α-hetero) is 1. The number of ether oxygens (including phenoxy) is 4. The summed E-state index contributed by atoms with van der Waals surface area (Å²) in [6.07, 6.45) is 7.20. The topological polar surface area (TPSA) is 57.2 Å². The average molecular weight is 528 g/mol. The van der Waals surface area contributed by atoms with Crippen molar-refractivity contribution in [3.8, 4) is 34.8 Å². The second-order valence-corrected chi connectivity index (χ2v) is 12.2. The number of ketones is 1. The van der Waals surface area contributed by atoms with Crippen LogP contribution in [0.1, 0.15) is 73.2 Å². The van der Waals surface area contributed by atoms with E-state index in [2.05, 4.69) is 55.0 Å². The van der Waals surface area contributed by atoms with E-state index >= 15 is 0 Å². The van der Waals surface area contributed by atoms with Gasteiger partial charge in [0.1, 0.15) is 24.2 Å². The molecule has 2 saturated carbocycles. The highest BCUT2D eigenvalue weighted by Gasteiger charge is 2.54. The van der Waals surface area contributed by atoms with E-state index in [0.717, 1.165) is 67.9 Å². The van der Waals surface area contributed by atoms with Crippen molar-refractivity contribution in [2.24, 2.45) is 17.3 Å². The van der Waals surface area contributed by atoms with Gasteiger partial charge in [0.15, 0.2) is 11.5 Å². The summed E-state index contributed by atoms with van der Waals surface area (Å²) in [5.74, 6) is 12.1. The fraction of sp³-hybridized carbons (Fsp3) is 0.545. The average Bonchev–Trinajstić information content (AvgIpc) is 3.54. The summed E-state index contributed by atoms with van der Waals surface area (Å²) in [6.45, 7) is 3.71. The molecular weight excluding hydrogens is 490 g/mol. The molecule has 3 aliphatic carbocycles. The molecule has 0 radical (unpaired) electrons. The summed E-state index contributed by atoms with van der Waals surface area (Å²) in [5.41, 5.74) is 5.10. The number of aryl methyl sites for hydroxylation is 1. The van der Waals surface area contributed by atoms with Crippen molar-refractivity contribution in [1.29, 1.82) is 0 Å². The molecule has 2 aromatic carbocycles. The monoisotopic (exact) mass is 527 g/mol. The Hall–Kier alpha value is -3.17. The molecule has 0 spiro atoms. The Bertz CT molecular complexity index is 1390. The molecule has 5 aliphatic rings. The van der Waals surface area contributed by atoms with Crippen molar-refractivity contribution >= 4 is 5.78 Å². The predicted molar refractivity (Wildman–Crippen MR) is 148 cm³/mol. The summed E-state index contributed by atoms with van der Waals surface area (Å²) in [7, 11) is 3.77. The Morgan fingerprint density at radius 2 is 2.00 bits per heavy atom. The van der Waals surface area contributed by atoms with E-state index in [9.17, 15) is 4.79 Å². The van der Waals surface area contributed by atoms with Gasteiger partial charge in [-0.05, 0) is 98.2 Å². The second-order valence-electron chi connectivity index (χ2n) is 12.2. The Kier molecular flexibility index (Phi) is 6.04. The maximum atomic E-state index is 12.6. The van der Waals surface area contributed by atoms with Gasteiger partial charge in [0.2, 0.25) is 12.5 Å². The zero-order chi connectivity index (χ0) is 26.7. The molecule has 2 aromatic rings. The lowest BCUT2D eigenvalue weighted by molar-refractivity contribution is -0.129. The molecule has 0 unspecified atom stereocenters. The first-order chi connectivity index (χ1) is 19.0. The van der Waals surface area contributed by atoms with Crippen molar-refractivity contribution in [2.75, 3.05) is 34.1 Å². The first-order valence-electron chi connectivity index (χ1n) is 14.4. The molecule has 2 aliphatic heterocycles. The zero-order valence-electron chi connectivity index (χ0n) is 23.2. The summed E-state index contributed by atoms with van der Waals surface area (Å²) < 4.78 is 23.3. The number of methoxy groups -OCH3 is 1. The summed E-state index contributed by atoms with van der Waals surface area (Å²) in [4.78, 5) is 14.9. The normalized spacial score (nSPS) is 30.4. The van der Waals surface area contributed by atoms with Gasteiger partial charge in [-0.1, -0.05) is 24.8 Å². The van der Waals surface area contributed by atoms with E-state index in [1.807, 2.05) is 0 Å². The van der Waals surface area contributed by atoms with Gasteiger partial charge in [-0.15, -0.1) is 0 Å². The molecule has 0 bridgehead atoms. The molecule has 6 nitrogen and oxygen atoms in total. The maximum absolute atomic E-state index is 12.6. The standard InChI is InChI=1S/C33H37NO5/c1-33-14-12-24-23-9-7-22(17-20(23)6-8-25(24)26(33)10-11-29(33)35)37-16-4-5-27-30-21(13-15-34(27)2)18-28-31(32(30)36-3)39-19-38-28/h7,9,17-18,24-27H,6,8,10-16,19H2,1-3H3/t24-,25+,26-,27+,33-/m0/s1. The number of benzene rings is 2. The number of carbonyl (C=O) groups is 1. The smallest absolute Gasteiger partial charge is 0.231 e.